The van der Waals surface area contributed by atoms with E-state index in [1.54, 1.807) is 92.9 Å². The van der Waals surface area contributed by atoms with Crippen molar-refractivity contribution >= 4 is 0 Å². The number of rotatable bonds is 16. The zero-order valence-corrected chi connectivity index (χ0v) is 32.1. The van der Waals surface area contributed by atoms with E-state index in [0.717, 1.165) is 11.1 Å². The van der Waals surface area contributed by atoms with Crippen LogP contribution < -0.4 is 37.9 Å². The first-order valence-electron chi connectivity index (χ1n) is 17.6. The molecule has 0 saturated carbocycles. The molecule has 0 spiro atoms. The van der Waals surface area contributed by atoms with Crippen LogP contribution in [0, 0.1) is 11.8 Å². The minimum Gasteiger partial charge on any atom is -0.493 e. The predicted molar refractivity (Wildman–Crippen MR) is 200 cm³/mol. The van der Waals surface area contributed by atoms with Gasteiger partial charge in [-0.25, -0.2) is 0 Å². The van der Waals surface area contributed by atoms with Gasteiger partial charge in [-0.15, -0.1) is 0 Å². The Morgan fingerprint density at radius 2 is 0.774 bits per heavy atom. The summed E-state index contributed by atoms with van der Waals surface area (Å²) in [7, 11) is 9.43. The Hall–Kier alpha value is -4.84. The second kappa shape index (κ2) is 17.3. The monoisotopic (exact) mass is 732 g/mol. The van der Waals surface area contributed by atoms with Crippen LogP contribution in [0.4, 0.5) is 0 Å². The fourth-order valence-corrected chi connectivity index (χ4v) is 6.78. The molecular formula is C42H52O11. The zero-order chi connectivity index (χ0) is 38.4. The molecule has 1 fully saturated rings. The molecule has 2 N–H and O–H groups in total. The molecule has 0 aromatic heterocycles. The fraction of sp³-hybridized carbons (Fsp3) is 0.429. The summed E-state index contributed by atoms with van der Waals surface area (Å²) in [5.41, 5.74) is 3.18. The molecule has 4 aromatic rings. The van der Waals surface area contributed by atoms with E-state index >= 15 is 0 Å². The van der Waals surface area contributed by atoms with Gasteiger partial charge in [-0.2, -0.15) is 0 Å². The molecule has 286 valence electrons. The summed E-state index contributed by atoms with van der Waals surface area (Å²) >= 11 is 0. The van der Waals surface area contributed by atoms with Crippen molar-refractivity contribution in [3.63, 3.8) is 0 Å². The Balaban J connectivity index is 1.29. The molecule has 1 aliphatic rings. The maximum absolute atomic E-state index is 11.1. The van der Waals surface area contributed by atoms with Gasteiger partial charge in [-0.05, 0) is 96.5 Å². The molecule has 4 aromatic carbocycles. The lowest BCUT2D eigenvalue weighted by Crippen LogP contribution is -2.22. The van der Waals surface area contributed by atoms with Crippen LogP contribution in [0.3, 0.4) is 0 Å². The molecule has 5 rings (SSSR count). The standard InChI is InChI=1S/C42H52O11/c1-23-24(2)42(30-14-18-34(38(22-30)50-10)52-26(4)40(44)28-12-16-32(46-6)36(20-28)48-8)53-41(23)29-13-17-33(37(21-29)49-9)51-25(3)39(43)27-11-15-31(45-5)35(19-27)47-7/h11-26,39-44H,1-10H3/t23-,24-,25-,26-,39-,40+,41+,42+/m1/s1. The Labute approximate surface area is 312 Å². The Morgan fingerprint density at radius 3 is 1.11 bits per heavy atom. The van der Waals surface area contributed by atoms with Gasteiger partial charge >= 0.3 is 0 Å². The van der Waals surface area contributed by atoms with Crippen LogP contribution in [0.15, 0.2) is 72.8 Å². The van der Waals surface area contributed by atoms with E-state index in [2.05, 4.69) is 13.8 Å². The zero-order valence-electron chi connectivity index (χ0n) is 32.1. The van der Waals surface area contributed by atoms with Gasteiger partial charge in [-0.3, -0.25) is 0 Å². The van der Waals surface area contributed by atoms with Crippen LogP contribution in [0.5, 0.6) is 46.0 Å². The fourth-order valence-electron chi connectivity index (χ4n) is 6.78. The van der Waals surface area contributed by atoms with Crippen molar-refractivity contribution in [2.45, 2.75) is 64.3 Å². The van der Waals surface area contributed by atoms with Crippen LogP contribution in [-0.2, 0) is 4.74 Å². The van der Waals surface area contributed by atoms with Crippen molar-refractivity contribution in [1.82, 2.24) is 0 Å². The smallest absolute Gasteiger partial charge is 0.161 e. The second-order valence-corrected chi connectivity index (χ2v) is 13.3. The minimum atomic E-state index is -0.932. The van der Waals surface area contributed by atoms with Gasteiger partial charge in [0.25, 0.3) is 0 Å². The van der Waals surface area contributed by atoms with Gasteiger partial charge in [0, 0.05) is 0 Å². The Morgan fingerprint density at radius 1 is 0.453 bits per heavy atom. The van der Waals surface area contributed by atoms with Crippen molar-refractivity contribution in [2.24, 2.45) is 11.8 Å². The van der Waals surface area contributed by atoms with Gasteiger partial charge in [-0.1, -0.05) is 38.1 Å². The number of aliphatic hydroxyl groups excluding tert-OH is 2. The van der Waals surface area contributed by atoms with E-state index in [4.69, 9.17) is 42.6 Å². The normalized spacial score (nSPS) is 20.5. The lowest BCUT2D eigenvalue weighted by molar-refractivity contribution is 0.0281. The molecule has 11 nitrogen and oxygen atoms in total. The lowest BCUT2D eigenvalue weighted by Gasteiger charge is -2.24. The predicted octanol–water partition coefficient (Wildman–Crippen LogP) is 7.82. The average Bonchev–Trinajstić information content (AvgIpc) is 3.49. The third-order valence-electron chi connectivity index (χ3n) is 10.1. The quantitative estimate of drug-likeness (QED) is 0.117. The van der Waals surface area contributed by atoms with Gasteiger partial charge in [0.15, 0.2) is 46.0 Å². The minimum absolute atomic E-state index is 0.167. The lowest BCUT2D eigenvalue weighted by atomic mass is 9.85. The summed E-state index contributed by atoms with van der Waals surface area (Å²) in [6, 6.07) is 22.1. The van der Waals surface area contributed by atoms with Crippen LogP contribution in [0.2, 0.25) is 0 Å². The first kappa shape index (κ1) is 39.4. The van der Waals surface area contributed by atoms with E-state index in [0.29, 0.717) is 57.1 Å². The van der Waals surface area contributed by atoms with E-state index in [9.17, 15) is 10.2 Å². The molecule has 1 heterocycles. The second-order valence-electron chi connectivity index (χ2n) is 13.3. The van der Waals surface area contributed by atoms with Crippen molar-refractivity contribution in [3.05, 3.63) is 95.1 Å². The first-order valence-corrected chi connectivity index (χ1v) is 17.6. The van der Waals surface area contributed by atoms with Crippen molar-refractivity contribution in [3.8, 4) is 46.0 Å². The summed E-state index contributed by atoms with van der Waals surface area (Å²) in [6.45, 7) is 7.96. The van der Waals surface area contributed by atoms with Crippen molar-refractivity contribution in [2.75, 3.05) is 42.7 Å². The number of ether oxygens (including phenoxy) is 9. The van der Waals surface area contributed by atoms with Gasteiger partial charge in [0.2, 0.25) is 0 Å². The molecule has 1 saturated heterocycles. The molecule has 0 unspecified atom stereocenters. The SMILES string of the molecule is COc1ccc([C@@H](O)[C@@H](C)Oc2ccc([C@H]3O[C@H](c4ccc(O[C@H](C)[C@@H](O)c5ccc(OC)c(OC)c5)c(OC)c4)[C@H](C)[C@H]3C)cc2OC)cc1OC. The average molecular weight is 733 g/mol. The number of hydrogen-bond donors (Lipinski definition) is 2. The Bertz CT molecular complexity index is 1700. The van der Waals surface area contributed by atoms with E-state index in [-0.39, 0.29) is 24.0 Å². The molecule has 0 aliphatic carbocycles. The van der Waals surface area contributed by atoms with Crippen LogP contribution in [0.1, 0.15) is 74.4 Å². The maximum Gasteiger partial charge on any atom is 0.161 e. The summed E-state index contributed by atoms with van der Waals surface area (Å²) in [5, 5.41) is 22.2. The number of methoxy groups -OCH3 is 6. The van der Waals surface area contributed by atoms with E-state index < -0.39 is 24.4 Å². The summed E-state index contributed by atoms with van der Waals surface area (Å²) in [4.78, 5) is 0. The molecule has 8 atom stereocenters. The highest BCUT2D eigenvalue weighted by Gasteiger charge is 2.41. The molecule has 0 amide bonds. The summed E-state index contributed by atoms with van der Waals surface area (Å²) in [5.74, 6) is 4.62. The molecular weight excluding hydrogens is 680 g/mol. The van der Waals surface area contributed by atoms with Gasteiger partial charge < -0.3 is 52.8 Å². The highest BCUT2D eigenvalue weighted by atomic mass is 16.5. The number of hydrogen-bond acceptors (Lipinski definition) is 11. The van der Waals surface area contributed by atoms with E-state index in [1.807, 2.05) is 36.4 Å². The van der Waals surface area contributed by atoms with Crippen molar-refractivity contribution < 1.29 is 52.8 Å². The highest BCUT2D eigenvalue weighted by molar-refractivity contribution is 5.48. The topological polar surface area (TPSA) is 124 Å². The largest absolute Gasteiger partial charge is 0.493 e. The van der Waals surface area contributed by atoms with Crippen LogP contribution in [-0.4, -0.2) is 65.1 Å². The van der Waals surface area contributed by atoms with Crippen molar-refractivity contribution in [1.29, 1.82) is 0 Å². The molecule has 0 radical (unpaired) electrons. The third-order valence-corrected chi connectivity index (χ3v) is 10.1. The molecule has 53 heavy (non-hydrogen) atoms. The Kier molecular flexibility index (Phi) is 12.9. The van der Waals surface area contributed by atoms with Gasteiger partial charge in [0.05, 0.1) is 54.9 Å². The third kappa shape index (κ3) is 8.38. The number of aliphatic hydroxyl groups is 2. The maximum atomic E-state index is 11.1. The van der Waals surface area contributed by atoms with Crippen LogP contribution in [0.25, 0.3) is 0 Å². The summed E-state index contributed by atoms with van der Waals surface area (Å²) in [6.07, 6.45) is -3.49. The van der Waals surface area contributed by atoms with E-state index in [1.165, 1.54) is 0 Å². The first-order chi connectivity index (χ1) is 25.5. The van der Waals surface area contributed by atoms with Gasteiger partial charge in [0.1, 0.15) is 24.4 Å². The highest BCUT2D eigenvalue weighted by Crippen LogP contribution is 2.51. The molecule has 0 bridgehead atoms. The molecule has 11 heteroatoms. The van der Waals surface area contributed by atoms with Crippen LogP contribution >= 0.6 is 0 Å². The summed E-state index contributed by atoms with van der Waals surface area (Å²) < 4.78 is 52.2. The number of benzene rings is 4. The molecule has 1 aliphatic heterocycles.